The highest BCUT2D eigenvalue weighted by Crippen LogP contribution is 2.26. The van der Waals surface area contributed by atoms with E-state index in [4.69, 9.17) is 16.0 Å². The van der Waals surface area contributed by atoms with Crippen LogP contribution in [0.15, 0.2) is 27.8 Å². The van der Waals surface area contributed by atoms with Gasteiger partial charge in [0.25, 0.3) is 0 Å². The number of rotatable bonds is 4. The minimum absolute atomic E-state index is 0.0115. The normalized spacial score (nSPS) is 11.5. The Balaban J connectivity index is 2.28. The van der Waals surface area contributed by atoms with Gasteiger partial charge in [0.1, 0.15) is 0 Å². The first-order valence-electron chi connectivity index (χ1n) is 5.52. The Morgan fingerprint density at radius 2 is 2.11 bits per heavy atom. The number of benzene rings is 1. The molecule has 0 atom stereocenters. The summed E-state index contributed by atoms with van der Waals surface area (Å²) in [5, 5.41) is 10.2. The molecule has 0 aliphatic rings. The van der Waals surface area contributed by atoms with Crippen molar-refractivity contribution in [3.63, 3.8) is 0 Å². The van der Waals surface area contributed by atoms with E-state index in [-0.39, 0.29) is 11.8 Å². The molecule has 1 heterocycles. The molecule has 1 aromatic heterocycles. The first kappa shape index (κ1) is 13.8. The summed E-state index contributed by atoms with van der Waals surface area (Å²) < 4.78 is 28.2. The van der Waals surface area contributed by atoms with Gasteiger partial charge in [0, 0.05) is 10.7 Å². The van der Waals surface area contributed by atoms with Crippen LogP contribution < -0.4 is 5.32 Å². The van der Waals surface area contributed by atoms with E-state index in [1.165, 1.54) is 6.92 Å². The third-order valence-electron chi connectivity index (χ3n) is 2.56. The summed E-state index contributed by atoms with van der Waals surface area (Å²) in [5.74, 6) is -0.0924. The van der Waals surface area contributed by atoms with Gasteiger partial charge in [-0.2, -0.15) is 0 Å². The Kier molecular flexibility index (Phi) is 3.77. The van der Waals surface area contributed by atoms with E-state index in [0.717, 1.165) is 5.56 Å². The van der Waals surface area contributed by atoms with Gasteiger partial charge in [-0.15, -0.1) is 0 Å². The predicted molar refractivity (Wildman–Crippen MR) is 71.5 cm³/mol. The second kappa shape index (κ2) is 5.18. The fraction of sp³-hybridized carbons (Fsp3) is 0.273. The molecule has 0 spiro atoms. The molecule has 0 bridgehead atoms. The summed E-state index contributed by atoms with van der Waals surface area (Å²) in [4.78, 5) is 0. The molecule has 6 nitrogen and oxygen atoms in total. The van der Waals surface area contributed by atoms with Crippen LogP contribution >= 0.6 is 11.6 Å². The highest BCUT2D eigenvalue weighted by atomic mass is 35.5. The molecule has 0 radical (unpaired) electrons. The summed E-state index contributed by atoms with van der Waals surface area (Å²) in [7, 11) is -3.49. The van der Waals surface area contributed by atoms with E-state index in [0.29, 0.717) is 10.7 Å². The Hall–Kier alpha value is -1.60. The van der Waals surface area contributed by atoms with E-state index >= 15 is 0 Å². The maximum Gasteiger partial charge on any atom is 0.336 e. The van der Waals surface area contributed by atoms with Crippen molar-refractivity contribution in [2.75, 3.05) is 11.1 Å². The van der Waals surface area contributed by atoms with Crippen LogP contribution in [-0.2, 0) is 9.84 Å². The van der Waals surface area contributed by atoms with E-state index in [1.54, 1.807) is 18.2 Å². The van der Waals surface area contributed by atoms with Gasteiger partial charge in [-0.05, 0) is 24.6 Å². The zero-order valence-electron chi connectivity index (χ0n) is 10.3. The van der Waals surface area contributed by atoms with Crippen molar-refractivity contribution >= 4 is 33.1 Å². The molecule has 1 aromatic carbocycles. The average molecular weight is 302 g/mol. The van der Waals surface area contributed by atoms with Crippen LogP contribution in [0.2, 0.25) is 5.02 Å². The van der Waals surface area contributed by atoms with E-state index in [2.05, 4.69) is 15.5 Å². The minimum atomic E-state index is -3.49. The summed E-state index contributed by atoms with van der Waals surface area (Å²) in [6.07, 6.45) is 0. The Morgan fingerprint density at radius 1 is 1.37 bits per heavy atom. The number of nitrogens with one attached hydrogen (secondary N) is 1. The highest BCUT2D eigenvalue weighted by molar-refractivity contribution is 7.91. The molecule has 8 heteroatoms. The van der Waals surface area contributed by atoms with Gasteiger partial charge in [0.2, 0.25) is 9.84 Å². The third kappa shape index (κ3) is 2.87. The first-order valence-corrected chi connectivity index (χ1v) is 7.55. The topological polar surface area (TPSA) is 85.1 Å². The lowest BCUT2D eigenvalue weighted by atomic mass is 10.2. The Labute approximate surface area is 115 Å². The number of aromatic nitrogens is 2. The largest absolute Gasteiger partial charge is 0.394 e. The molecule has 0 unspecified atom stereocenters. The summed E-state index contributed by atoms with van der Waals surface area (Å²) in [6.45, 7) is 3.33. The van der Waals surface area contributed by atoms with Gasteiger partial charge in [-0.3, -0.25) is 0 Å². The third-order valence-corrected chi connectivity index (χ3v) is 4.43. The molecule has 0 saturated heterocycles. The first-order chi connectivity index (χ1) is 8.94. The quantitative estimate of drug-likeness (QED) is 0.934. The minimum Gasteiger partial charge on any atom is -0.394 e. The lowest BCUT2D eigenvalue weighted by molar-refractivity contribution is 0.442. The van der Waals surface area contributed by atoms with Crippen molar-refractivity contribution in [3.05, 3.63) is 28.8 Å². The van der Waals surface area contributed by atoms with Crippen LogP contribution in [0.1, 0.15) is 12.5 Å². The van der Waals surface area contributed by atoms with Crippen LogP contribution in [0.3, 0.4) is 0 Å². The zero-order chi connectivity index (χ0) is 14.0. The van der Waals surface area contributed by atoms with E-state index in [1.807, 2.05) is 6.92 Å². The maximum atomic E-state index is 11.5. The second-order valence-corrected chi connectivity index (χ2v) is 6.38. The summed E-state index contributed by atoms with van der Waals surface area (Å²) in [5.41, 5.74) is 1.49. The lowest BCUT2D eigenvalue weighted by Crippen LogP contribution is -2.03. The molecule has 0 aliphatic heterocycles. The van der Waals surface area contributed by atoms with Crippen molar-refractivity contribution < 1.29 is 12.8 Å². The molecular weight excluding hydrogens is 290 g/mol. The molecule has 19 heavy (non-hydrogen) atoms. The van der Waals surface area contributed by atoms with E-state index in [9.17, 15) is 8.42 Å². The fourth-order valence-corrected chi connectivity index (χ4v) is 2.16. The van der Waals surface area contributed by atoms with Crippen LogP contribution in [0.25, 0.3) is 0 Å². The molecular formula is C11H12ClN3O3S. The van der Waals surface area contributed by atoms with Crippen LogP contribution in [0, 0.1) is 6.92 Å². The predicted octanol–water partition coefficient (Wildman–Crippen LogP) is 2.57. The second-order valence-electron chi connectivity index (χ2n) is 3.81. The SMILES string of the molecule is CCS(=O)(=O)c1nnc(Nc2cccc(Cl)c2C)o1. The molecule has 0 fully saturated rings. The highest BCUT2D eigenvalue weighted by Gasteiger charge is 2.20. The maximum absolute atomic E-state index is 11.5. The van der Waals surface area contributed by atoms with Gasteiger partial charge in [0.15, 0.2) is 0 Å². The van der Waals surface area contributed by atoms with Gasteiger partial charge in [-0.1, -0.05) is 34.8 Å². The number of sulfone groups is 1. The molecule has 2 rings (SSSR count). The van der Waals surface area contributed by atoms with Gasteiger partial charge in [0.05, 0.1) is 5.75 Å². The van der Waals surface area contributed by atoms with Crippen molar-refractivity contribution in [3.8, 4) is 0 Å². The number of nitrogens with zero attached hydrogens (tertiary/aromatic N) is 2. The van der Waals surface area contributed by atoms with E-state index < -0.39 is 15.1 Å². The fourth-order valence-electron chi connectivity index (χ4n) is 1.37. The van der Waals surface area contributed by atoms with Gasteiger partial charge < -0.3 is 9.73 Å². The van der Waals surface area contributed by atoms with Crippen molar-refractivity contribution in [1.29, 1.82) is 0 Å². The smallest absolute Gasteiger partial charge is 0.336 e. The molecule has 2 aromatic rings. The van der Waals surface area contributed by atoms with Crippen molar-refractivity contribution in [2.24, 2.45) is 0 Å². The molecule has 102 valence electrons. The molecule has 1 N–H and O–H groups in total. The Bertz CT molecular complexity index is 697. The van der Waals surface area contributed by atoms with Crippen molar-refractivity contribution in [1.82, 2.24) is 10.2 Å². The number of anilines is 2. The Morgan fingerprint density at radius 3 is 2.79 bits per heavy atom. The van der Waals surface area contributed by atoms with Crippen molar-refractivity contribution in [2.45, 2.75) is 19.1 Å². The van der Waals surface area contributed by atoms with Crippen LogP contribution in [0.5, 0.6) is 0 Å². The standard InChI is InChI=1S/C11H12ClN3O3S/c1-3-19(16,17)11-15-14-10(18-11)13-9-6-4-5-8(12)7(9)2/h4-6H,3H2,1-2H3,(H,13,14). The van der Waals surface area contributed by atoms with Crippen LogP contribution in [-0.4, -0.2) is 24.4 Å². The van der Waals surface area contributed by atoms with Gasteiger partial charge in [-0.25, -0.2) is 8.42 Å². The monoisotopic (exact) mass is 301 g/mol. The molecule has 0 aliphatic carbocycles. The molecule has 0 amide bonds. The zero-order valence-corrected chi connectivity index (χ0v) is 11.9. The van der Waals surface area contributed by atoms with Gasteiger partial charge >= 0.3 is 11.2 Å². The molecule has 0 saturated carbocycles. The number of halogens is 1. The summed E-state index contributed by atoms with van der Waals surface area (Å²) >= 11 is 5.98. The number of hydrogen-bond donors (Lipinski definition) is 1. The average Bonchev–Trinajstić information content (AvgIpc) is 2.84. The lowest BCUT2D eigenvalue weighted by Gasteiger charge is -2.06. The number of hydrogen-bond acceptors (Lipinski definition) is 6. The van der Waals surface area contributed by atoms with Crippen LogP contribution in [0.4, 0.5) is 11.7 Å². The summed E-state index contributed by atoms with van der Waals surface area (Å²) in [6, 6.07) is 5.30.